The van der Waals surface area contributed by atoms with Gasteiger partial charge in [0.25, 0.3) is 5.91 Å². The summed E-state index contributed by atoms with van der Waals surface area (Å²) in [4.78, 5) is 14.6. The van der Waals surface area contributed by atoms with Crippen molar-refractivity contribution >= 4 is 16.8 Å². The minimum absolute atomic E-state index is 0.0866. The maximum atomic E-state index is 12.5. The zero-order valence-electron chi connectivity index (χ0n) is 12.9. The standard InChI is InChI=1S/C17H23N3O/c1-19(2)11-6-12-20-15-9-4-3-7-13(15)14-8-5-10-18-17(21)16(14)20/h3-4,7,9H,5-6,8,10-12H2,1-2H3,(H,18,21). The summed E-state index contributed by atoms with van der Waals surface area (Å²) in [7, 11) is 4.17. The topological polar surface area (TPSA) is 37.3 Å². The minimum Gasteiger partial charge on any atom is -0.351 e. The summed E-state index contributed by atoms with van der Waals surface area (Å²) >= 11 is 0. The average Bonchev–Trinajstić information content (AvgIpc) is 2.64. The Morgan fingerprint density at radius 1 is 1.29 bits per heavy atom. The van der Waals surface area contributed by atoms with Gasteiger partial charge in [0.2, 0.25) is 0 Å². The molecule has 0 saturated carbocycles. The van der Waals surface area contributed by atoms with Crippen LogP contribution in [0.1, 0.15) is 28.9 Å². The second kappa shape index (κ2) is 5.90. The number of nitrogens with zero attached hydrogens (tertiary/aromatic N) is 2. The molecule has 3 rings (SSSR count). The normalized spacial score (nSPS) is 15.1. The summed E-state index contributed by atoms with van der Waals surface area (Å²) in [6, 6.07) is 8.40. The van der Waals surface area contributed by atoms with E-state index in [1.807, 2.05) is 0 Å². The summed E-state index contributed by atoms with van der Waals surface area (Å²) in [5, 5.41) is 4.28. The molecule has 1 aliphatic heterocycles. The molecule has 4 heteroatoms. The van der Waals surface area contributed by atoms with E-state index in [1.54, 1.807) is 0 Å². The largest absolute Gasteiger partial charge is 0.351 e. The number of aryl methyl sites for hydroxylation is 2. The first-order valence-electron chi connectivity index (χ1n) is 7.71. The maximum absolute atomic E-state index is 12.5. The van der Waals surface area contributed by atoms with Gasteiger partial charge in [0, 0.05) is 24.0 Å². The molecule has 1 aliphatic rings. The third-order valence-electron chi connectivity index (χ3n) is 4.17. The molecule has 21 heavy (non-hydrogen) atoms. The highest BCUT2D eigenvalue weighted by atomic mass is 16.1. The fourth-order valence-electron chi connectivity index (χ4n) is 3.22. The highest BCUT2D eigenvalue weighted by Crippen LogP contribution is 2.29. The quantitative estimate of drug-likeness (QED) is 0.935. The van der Waals surface area contributed by atoms with E-state index in [2.05, 4.69) is 53.1 Å². The second-order valence-corrected chi connectivity index (χ2v) is 6.01. The lowest BCUT2D eigenvalue weighted by Gasteiger charge is -2.13. The predicted molar refractivity (Wildman–Crippen MR) is 85.8 cm³/mol. The van der Waals surface area contributed by atoms with Crippen LogP contribution in [-0.4, -0.2) is 42.6 Å². The van der Waals surface area contributed by atoms with Gasteiger partial charge in [-0.1, -0.05) is 18.2 Å². The Labute approximate surface area is 125 Å². The number of fused-ring (bicyclic) bond motifs is 3. The van der Waals surface area contributed by atoms with Crippen LogP contribution in [0, 0.1) is 0 Å². The number of nitrogens with one attached hydrogen (secondary N) is 1. The van der Waals surface area contributed by atoms with E-state index < -0.39 is 0 Å². The third kappa shape index (κ3) is 2.68. The van der Waals surface area contributed by atoms with Crippen LogP contribution in [0.5, 0.6) is 0 Å². The summed E-state index contributed by atoms with van der Waals surface area (Å²) in [5.74, 6) is 0.0866. The van der Waals surface area contributed by atoms with Crippen molar-refractivity contribution < 1.29 is 4.79 Å². The number of carbonyl (C=O) groups excluding carboxylic acids is 1. The van der Waals surface area contributed by atoms with E-state index in [1.165, 1.54) is 16.5 Å². The van der Waals surface area contributed by atoms with Crippen molar-refractivity contribution in [1.82, 2.24) is 14.8 Å². The fraction of sp³-hybridized carbons (Fsp3) is 0.471. The van der Waals surface area contributed by atoms with Gasteiger partial charge in [-0.05, 0) is 51.5 Å². The van der Waals surface area contributed by atoms with E-state index in [0.29, 0.717) is 0 Å². The van der Waals surface area contributed by atoms with Crippen molar-refractivity contribution in [3.63, 3.8) is 0 Å². The first-order valence-corrected chi connectivity index (χ1v) is 7.71. The smallest absolute Gasteiger partial charge is 0.268 e. The Bertz CT molecular complexity index is 657. The third-order valence-corrected chi connectivity index (χ3v) is 4.17. The van der Waals surface area contributed by atoms with Gasteiger partial charge in [-0.3, -0.25) is 4.79 Å². The lowest BCUT2D eigenvalue weighted by atomic mass is 10.1. The summed E-state index contributed by atoms with van der Waals surface area (Å²) < 4.78 is 2.22. The van der Waals surface area contributed by atoms with Gasteiger partial charge in [0.05, 0.1) is 0 Å². The van der Waals surface area contributed by atoms with Crippen molar-refractivity contribution in [3.05, 3.63) is 35.5 Å². The van der Waals surface area contributed by atoms with Gasteiger partial charge in [-0.25, -0.2) is 0 Å². The van der Waals surface area contributed by atoms with E-state index in [-0.39, 0.29) is 5.91 Å². The van der Waals surface area contributed by atoms with E-state index in [4.69, 9.17) is 0 Å². The molecule has 4 nitrogen and oxygen atoms in total. The average molecular weight is 285 g/mol. The van der Waals surface area contributed by atoms with E-state index >= 15 is 0 Å². The number of rotatable bonds is 4. The van der Waals surface area contributed by atoms with Crippen molar-refractivity contribution in [1.29, 1.82) is 0 Å². The fourth-order valence-corrected chi connectivity index (χ4v) is 3.22. The number of carbonyl (C=O) groups is 1. The molecular weight excluding hydrogens is 262 g/mol. The van der Waals surface area contributed by atoms with Gasteiger partial charge in [-0.15, -0.1) is 0 Å². The van der Waals surface area contributed by atoms with Crippen molar-refractivity contribution in [2.24, 2.45) is 0 Å². The van der Waals surface area contributed by atoms with Crippen molar-refractivity contribution in [3.8, 4) is 0 Å². The molecule has 2 heterocycles. The number of hydrogen-bond donors (Lipinski definition) is 1. The minimum atomic E-state index is 0.0866. The highest BCUT2D eigenvalue weighted by Gasteiger charge is 2.23. The van der Waals surface area contributed by atoms with E-state index in [9.17, 15) is 4.79 Å². The summed E-state index contributed by atoms with van der Waals surface area (Å²) in [6.07, 6.45) is 3.05. The van der Waals surface area contributed by atoms with Crippen LogP contribution in [0.4, 0.5) is 0 Å². The number of aromatic nitrogens is 1. The van der Waals surface area contributed by atoms with Crippen LogP contribution >= 0.6 is 0 Å². The molecule has 1 aromatic carbocycles. The Kier molecular flexibility index (Phi) is 3.97. The Morgan fingerprint density at radius 2 is 2.10 bits per heavy atom. The van der Waals surface area contributed by atoms with Crippen LogP contribution in [0.2, 0.25) is 0 Å². The Balaban J connectivity index is 2.06. The van der Waals surface area contributed by atoms with Crippen LogP contribution in [-0.2, 0) is 13.0 Å². The molecule has 0 spiro atoms. The maximum Gasteiger partial charge on any atom is 0.268 e. The molecule has 112 valence electrons. The molecule has 2 aromatic rings. The van der Waals surface area contributed by atoms with Crippen LogP contribution in [0.3, 0.4) is 0 Å². The molecule has 1 aromatic heterocycles. The highest BCUT2D eigenvalue weighted by molar-refractivity contribution is 6.02. The molecule has 0 unspecified atom stereocenters. The molecule has 0 atom stereocenters. The van der Waals surface area contributed by atoms with Gasteiger partial charge in [-0.2, -0.15) is 0 Å². The van der Waals surface area contributed by atoms with E-state index in [0.717, 1.165) is 44.6 Å². The number of benzene rings is 1. The number of para-hydroxylation sites is 1. The number of amides is 1. The first kappa shape index (κ1) is 14.1. The molecule has 0 aliphatic carbocycles. The van der Waals surface area contributed by atoms with Gasteiger partial charge < -0.3 is 14.8 Å². The molecular formula is C17H23N3O. The van der Waals surface area contributed by atoms with Crippen LogP contribution < -0.4 is 5.32 Å². The molecule has 0 radical (unpaired) electrons. The van der Waals surface area contributed by atoms with Crippen molar-refractivity contribution in [2.75, 3.05) is 27.2 Å². The Hall–Kier alpha value is -1.81. The van der Waals surface area contributed by atoms with Crippen molar-refractivity contribution in [2.45, 2.75) is 25.8 Å². The van der Waals surface area contributed by atoms with Gasteiger partial charge >= 0.3 is 0 Å². The molecule has 0 fully saturated rings. The zero-order chi connectivity index (χ0) is 14.8. The number of hydrogen-bond acceptors (Lipinski definition) is 2. The molecule has 0 bridgehead atoms. The van der Waals surface area contributed by atoms with Gasteiger partial charge in [0.15, 0.2) is 0 Å². The molecule has 1 amide bonds. The van der Waals surface area contributed by atoms with Crippen LogP contribution in [0.15, 0.2) is 24.3 Å². The predicted octanol–water partition coefficient (Wildman–Crippen LogP) is 2.27. The second-order valence-electron chi connectivity index (χ2n) is 6.01. The Morgan fingerprint density at radius 3 is 2.90 bits per heavy atom. The first-order chi connectivity index (χ1) is 10.2. The summed E-state index contributed by atoms with van der Waals surface area (Å²) in [5.41, 5.74) is 3.30. The monoisotopic (exact) mass is 285 g/mol. The summed E-state index contributed by atoms with van der Waals surface area (Å²) in [6.45, 7) is 2.70. The lowest BCUT2D eigenvalue weighted by molar-refractivity contribution is 0.0947. The zero-order valence-corrected chi connectivity index (χ0v) is 12.9. The van der Waals surface area contributed by atoms with Crippen LogP contribution in [0.25, 0.3) is 10.9 Å². The van der Waals surface area contributed by atoms with Gasteiger partial charge in [0.1, 0.15) is 5.69 Å². The lowest BCUT2D eigenvalue weighted by Crippen LogP contribution is -2.26. The molecule has 1 N–H and O–H groups in total. The SMILES string of the molecule is CN(C)CCCn1c2c(c3ccccc31)CCCNC2=O. The molecule has 0 saturated heterocycles.